The third kappa shape index (κ3) is 2.64. The van der Waals surface area contributed by atoms with Gasteiger partial charge in [0.15, 0.2) is 0 Å². The quantitative estimate of drug-likeness (QED) is 0.872. The number of hydrogen-bond donors (Lipinski definition) is 1. The van der Waals surface area contributed by atoms with Crippen LogP contribution in [0.4, 0.5) is 10.1 Å². The lowest BCUT2D eigenvalue weighted by atomic mass is 10.1. The van der Waals surface area contributed by atoms with Crippen molar-refractivity contribution in [3.8, 4) is 0 Å². The molecule has 0 aliphatic rings. The maximum absolute atomic E-state index is 13.4. The number of anilines is 1. The summed E-state index contributed by atoms with van der Waals surface area (Å²) in [6.45, 7) is 1.92. The summed E-state index contributed by atoms with van der Waals surface area (Å²) in [5.41, 5.74) is 6.73. The molecule has 2 aromatic carbocycles. The van der Waals surface area contributed by atoms with Gasteiger partial charge in [0.2, 0.25) is 0 Å². The van der Waals surface area contributed by atoms with E-state index in [0.717, 1.165) is 5.56 Å². The zero-order valence-electron chi connectivity index (χ0n) is 11.5. The molecule has 1 amide bonds. The first kappa shape index (κ1) is 14.1. The highest BCUT2D eigenvalue weighted by atomic mass is 19.1. The van der Waals surface area contributed by atoms with Crippen molar-refractivity contribution in [1.29, 1.82) is 0 Å². The highest BCUT2D eigenvalue weighted by molar-refractivity contribution is 5.99. The van der Waals surface area contributed by atoms with E-state index in [1.165, 1.54) is 18.2 Å². The molecule has 0 aliphatic carbocycles. The first-order valence-corrected chi connectivity index (χ1v) is 6.38. The van der Waals surface area contributed by atoms with Crippen LogP contribution in [0, 0.1) is 5.82 Å². The van der Waals surface area contributed by atoms with Gasteiger partial charge in [-0.05, 0) is 24.6 Å². The standard InChI is InChI=1S/C16H17FN2O/c1-11(12-7-4-3-5-8-12)19(2)16(20)13-9-6-10-14(17)15(13)18/h3-11H,18H2,1-2H3. The SMILES string of the molecule is CC(c1ccccc1)N(C)C(=O)c1cccc(F)c1N. The van der Waals surface area contributed by atoms with Gasteiger partial charge in [-0.3, -0.25) is 4.79 Å². The van der Waals surface area contributed by atoms with E-state index in [9.17, 15) is 9.18 Å². The number of para-hydroxylation sites is 1. The van der Waals surface area contributed by atoms with Crippen LogP contribution in [0.2, 0.25) is 0 Å². The minimum atomic E-state index is -0.573. The number of nitrogen functional groups attached to an aromatic ring is 1. The average molecular weight is 272 g/mol. The van der Waals surface area contributed by atoms with Crippen LogP contribution < -0.4 is 5.73 Å². The molecule has 0 fully saturated rings. The minimum absolute atomic E-state index is 0.107. The number of nitrogens with two attached hydrogens (primary N) is 1. The van der Waals surface area contributed by atoms with Gasteiger partial charge in [0.25, 0.3) is 5.91 Å². The lowest BCUT2D eigenvalue weighted by molar-refractivity contribution is 0.0743. The van der Waals surface area contributed by atoms with Crippen LogP contribution in [0.1, 0.15) is 28.9 Å². The van der Waals surface area contributed by atoms with E-state index < -0.39 is 5.82 Å². The summed E-state index contributed by atoms with van der Waals surface area (Å²) in [6, 6.07) is 13.8. The lowest BCUT2D eigenvalue weighted by Crippen LogP contribution is -2.30. The Kier molecular flexibility index (Phi) is 4.03. The molecule has 20 heavy (non-hydrogen) atoms. The first-order chi connectivity index (χ1) is 9.52. The Morgan fingerprint density at radius 1 is 1.15 bits per heavy atom. The molecule has 0 heterocycles. The fourth-order valence-electron chi connectivity index (χ4n) is 2.04. The lowest BCUT2D eigenvalue weighted by Gasteiger charge is -2.26. The number of amides is 1. The van der Waals surface area contributed by atoms with Gasteiger partial charge in [0.1, 0.15) is 5.82 Å². The summed E-state index contributed by atoms with van der Waals surface area (Å²) >= 11 is 0. The maximum atomic E-state index is 13.4. The van der Waals surface area contributed by atoms with Crippen LogP contribution in [0.3, 0.4) is 0 Å². The summed E-state index contributed by atoms with van der Waals surface area (Å²) in [5, 5.41) is 0. The fraction of sp³-hybridized carbons (Fsp3) is 0.188. The molecule has 1 atom stereocenters. The zero-order chi connectivity index (χ0) is 14.7. The van der Waals surface area contributed by atoms with Crippen LogP contribution in [-0.2, 0) is 0 Å². The van der Waals surface area contributed by atoms with Crippen molar-refractivity contribution in [2.75, 3.05) is 12.8 Å². The number of benzene rings is 2. The van der Waals surface area contributed by atoms with Gasteiger partial charge in [0, 0.05) is 7.05 Å². The average Bonchev–Trinajstić information content (AvgIpc) is 2.48. The molecule has 2 aromatic rings. The van der Waals surface area contributed by atoms with Crippen molar-refractivity contribution in [1.82, 2.24) is 4.90 Å². The van der Waals surface area contributed by atoms with Crippen LogP contribution in [-0.4, -0.2) is 17.9 Å². The molecule has 0 saturated carbocycles. The molecule has 3 nitrogen and oxygen atoms in total. The maximum Gasteiger partial charge on any atom is 0.256 e. The Hall–Kier alpha value is -2.36. The molecule has 0 saturated heterocycles. The topological polar surface area (TPSA) is 46.3 Å². The van der Waals surface area contributed by atoms with Crippen LogP contribution in [0.15, 0.2) is 48.5 Å². The van der Waals surface area contributed by atoms with Gasteiger partial charge in [-0.1, -0.05) is 36.4 Å². The third-order valence-electron chi connectivity index (χ3n) is 3.47. The smallest absolute Gasteiger partial charge is 0.256 e. The van der Waals surface area contributed by atoms with Crippen LogP contribution in [0.25, 0.3) is 0 Å². The summed E-state index contributed by atoms with van der Waals surface area (Å²) in [4.78, 5) is 14.0. The summed E-state index contributed by atoms with van der Waals surface area (Å²) in [7, 11) is 1.68. The van der Waals surface area contributed by atoms with Gasteiger partial charge >= 0.3 is 0 Å². The molecule has 104 valence electrons. The normalized spacial score (nSPS) is 11.9. The number of halogens is 1. The first-order valence-electron chi connectivity index (χ1n) is 6.38. The molecular weight excluding hydrogens is 255 g/mol. The third-order valence-corrected chi connectivity index (χ3v) is 3.47. The van der Waals surface area contributed by atoms with E-state index >= 15 is 0 Å². The van der Waals surface area contributed by atoms with Crippen molar-refractivity contribution in [3.05, 3.63) is 65.5 Å². The number of carbonyl (C=O) groups is 1. The Balaban J connectivity index is 2.27. The van der Waals surface area contributed by atoms with E-state index in [1.807, 2.05) is 37.3 Å². The Morgan fingerprint density at radius 3 is 2.45 bits per heavy atom. The molecule has 4 heteroatoms. The number of rotatable bonds is 3. The fourth-order valence-corrected chi connectivity index (χ4v) is 2.04. The largest absolute Gasteiger partial charge is 0.396 e. The predicted octanol–water partition coefficient (Wildman–Crippen LogP) is 3.24. The van der Waals surface area contributed by atoms with Crippen molar-refractivity contribution in [2.24, 2.45) is 0 Å². The highest BCUT2D eigenvalue weighted by Gasteiger charge is 2.21. The molecule has 0 radical (unpaired) electrons. The van der Waals surface area contributed by atoms with Crippen LogP contribution >= 0.6 is 0 Å². The van der Waals surface area contributed by atoms with E-state index in [4.69, 9.17) is 5.73 Å². The Morgan fingerprint density at radius 2 is 1.80 bits per heavy atom. The van der Waals surface area contributed by atoms with E-state index in [-0.39, 0.29) is 23.2 Å². The van der Waals surface area contributed by atoms with Gasteiger partial charge in [-0.15, -0.1) is 0 Å². The minimum Gasteiger partial charge on any atom is -0.396 e. The van der Waals surface area contributed by atoms with Crippen molar-refractivity contribution >= 4 is 11.6 Å². The Bertz CT molecular complexity index is 613. The van der Waals surface area contributed by atoms with E-state index in [1.54, 1.807) is 11.9 Å². The number of carbonyl (C=O) groups excluding carboxylic acids is 1. The van der Waals surface area contributed by atoms with Gasteiger partial charge < -0.3 is 10.6 Å². The van der Waals surface area contributed by atoms with Gasteiger partial charge in [-0.25, -0.2) is 4.39 Å². The van der Waals surface area contributed by atoms with Gasteiger partial charge in [0.05, 0.1) is 17.3 Å². The second-order valence-electron chi connectivity index (χ2n) is 4.70. The van der Waals surface area contributed by atoms with Crippen molar-refractivity contribution < 1.29 is 9.18 Å². The second kappa shape index (κ2) is 5.74. The Labute approximate surface area is 117 Å². The van der Waals surface area contributed by atoms with Crippen molar-refractivity contribution in [3.63, 3.8) is 0 Å². The van der Waals surface area contributed by atoms with Gasteiger partial charge in [-0.2, -0.15) is 0 Å². The molecule has 2 rings (SSSR count). The molecule has 0 spiro atoms. The molecular formula is C16H17FN2O. The van der Waals surface area contributed by atoms with E-state index in [0.29, 0.717) is 0 Å². The zero-order valence-corrected chi connectivity index (χ0v) is 11.5. The van der Waals surface area contributed by atoms with Crippen LogP contribution in [0.5, 0.6) is 0 Å². The summed E-state index contributed by atoms with van der Waals surface area (Å²) < 4.78 is 13.4. The predicted molar refractivity (Wildman–Crippen MR) is 77.8 cm³/mol. The van der Waals surface area contributed by atoms with Crippen molar-refractivity contribution in [2.45, 2.75) is 13.0 Å². The second-order valence-corrected chi connectivity index (χ2v) is 4.70. The summed E-state index contributed by atoms with van der Waals surface area (Å²) in [5.74, 6) is -0.866. The number of nitrogens with zero attached hydrogens (tertiary/aromatic N) is 1. The molecule has 2 N–H and O–H groups in total. The molecule has 0 aromatic heterocycles. The molecule has 1 unspecified atom stereocenters. The number of hydrogen-bond acceptors (Lipinski definition) is 2. The molecule has 0 aliphatic heterocycles. The monoisotopic (exact) mass is 272 g/mol. The summed E-state index contributed by atoms with van der Waals surface area (Å²) in [6.07, 6.45) is 0. The highest BCUT2D eigenvalue weighted by Crippen LogP contribution is 2.23. The molecule has 0 bridgehead atoms. The van der Waals surface area contributed by atoms with E-state index in [2.05, 4.69) is 0 Å².